The first-order chi connectivity index (χ1) is 11.8. The summed E-state index contributed by atoms with van der Waals surface area (Å²) in [6.45, 7) is 8.61. The van der Waals surface area contributed by atoms with Gasteiger partial charge < -0.3 is 15.8 Å². The van der Waals surface area contributed by atoms with Crippen molar-refractivity contribution in [3.05, 3.63) is 41.6 Å². The van der Waals surface area contributed by atoms with Crippen LogP contribution in [0.25, 0.3) is 5.69 Å². The zero-order chi connectivity index (χ0) is 18.6. The van der Waals surface area contributed by atoms with Crippen molar-refractivity contribution in [1.29, 1.82) is 0 Å². The number of nitrogens with two attached hydrogens (primary N) is 1. The highest BCUT2D eigenvalue weighted by atomic mass is 35.5. The molecule has 0 saturated heterocycles. The molecule has 0 bridgehead atoms. The molecule has 7 heteroatoms. The van der Waals surface area contributed by atoms with E-state index in [2.05, 4.69) is 26.1 Å². The van der Waals surface area contributed by atoms with Gasteiger partial charge in [-0.15, -0.1) is 12.4 Å². The van der Waals surface area contributed by atoms with E-state index in [1.54, 1.807) is 11.8 Å². The van der Waals surface area contributed by atoms with Gasteiger partial charge in [0, 0.05) is 25.1 Å². The van der Waals surface area contributed by atoms with Gasteiger partial charge in [0.05, 0.1) is 23.9 Å². The number of carbonyl (C=O) groups is 1. The highest BCUT2D eigenvalue weighted by Gasteiger charge is 2.22. The summed E-state index contributed by atoms with van der Waals surface area (Å²) in [7, 11) is 1.56. The number of methoxy groups -OCH3 is 1. The molecule has 26 heavy (non-hydrogen) atoms. The molecule has 0 aliphatic heterocycles. The van der Waals surface area contributed by atoms with Crippen LogP contribution in [0.3, 0.4) is 0 Å². The normalized spacial score (nSPS) is 12.4. The van der Waals surface area contributed by atoms with Crippen LogP contribution in [0.1, 0.15) is 38.4 Å². The fourth-order valence-electron chi connectivity index (χ4n) is 2.48. The first-order valence-electron chi connectivity index (χ1n) is 8.45. The van der Waals surface area contributed by atoms with Crippen molar-refractivity contribution in [2.24, 2.45) is 5.73 Å². The average Bonchev–Trinajstić information content (AvgIpc) is 2.97. The number of nitrogens with zero attached hydrogens (tertiary/aromatic N) is 2. The van der Waals surface area contributed by atoms with Crippen molar-refractivity contribution in [2.45, 2.75) is 45.6 Å². The van der Waals surface area contributed by atoms with Gasteiger partial charge in [-0.25, -0.2) is 4.68 Å². The van der Waals surface area contributed by atoms with Crippen LogP contribution in [0.2, 0.25) is 0 Å². The lowest BCUT2D eigenvalue weighted by Gasteiger charge is -2.14. The number of aryl methyl sites for hydroxylation is 1. The summed E-state index contributed by atoms with van der Waals surface area (Å²) >= 11 is 0. The summed E-state index contributed by atoms with van der Waals surface area (Å²) in [5.74, 6) is 0.503. The third kappa shape index (κ3) is 5.30. The molecule has 1 aromatic heterocycles. The number of para-hydroxylation sites is 1. The second-order valence-corrected chi connectivity index (χ2v) is 7.21. The minimum absolute atomic E-state index is 0. The molecule has 1 atom stereocenters. The highest BCUT2D eigenvalue weighted by Crippen LogP contribution is 2.27. The fourth-order valence-corrected chi connectivity index (χ4v) is 2.48. The molecule has 0 fully saturated rings. The van der Waals surface area contributed by atoms with Crippen molar-refractivity contribution < 1.29 is 9.53 Å². The Morgan fingerprint density at radius 1 is 1.35 bits per heavy atom. The Kier molecular flexibility index (Phi) is 7.81. The molecule has 6 nitrogen and oxygen atoms in total. The van der Waals surface area contributed by atoms with Crippen molar-refractivity contribution in [2.75, 3.05) is 19.0 Å². The number of aromatic nitrogens is 2. The Hall–Kier alpha value is -1.89. The lowest BCUT2D eigenvalue weighted by atomic mass is 9.92. The lowest BCUT2D eigenvalue weighted by Crippen LogP contribution is -2.28. The maximum Gasteiger partial charge on any atom is 0.228 e. The fraction of sp³-hybridized carbons (Fsp3) is 0.474. The van der Waals surface area contributed by atoms with E-state index >= 15 is 0 Å². The summed E-state index contributed by atoms with van der Waals surface area (Å²) in [6.07, 6.45) is -0.0894. The Labute approximate surface area is 161 Å². The van der Waals surface area contributed by atoms with Crippen molar-refractivity contribution >= 4 is 24.1 Å². The number of benzene rings is 1. The van der Waals surface area contributed by atoms with E-state index in [1.165, 1.54) is 0 Å². The number of halogens is 1. The summed E-state index contributed by atoms with van der Waals surface area (Å²) in [4.78, 5) is 12.4. The summed E-state index contributed by atoms with van der Waals surface area (Å²) in [5, 5.41) is 7.68. The number of ether oxygens (including phenoxy) is 1. The van der Waals surface area contributed by atoms with Gasteiger partial charge in [0.1, 0.15) is 5.82 Å². The van der Waals surface area contributed by atoms with Gasteiger partial charge in [0.15, 0.2) is 0 Å². The predicted octanol–water partition coefficient (Wildman–Crippen LogP) is 3.20. The Bertz CT molecular complexity index is 733. The quantitative estimate of drug-likeness (QED) is 0.806. The molecule has 0 aliphatic rings. The minimum atomic E-state index is -0.295. The van der Waals surface area contributed by atoms with Crippen LogP contribution in [-0.2, 0) is 14.9 Å². The van der Waals surface area contributed by atoms with Crippen molar-refractivity contribution in [1.82, 2.24) is 9.78 Å². The first-order valence-corrected chi connectivity index (χ1v) is 8.45. The Balaban J connectivity index is 0.00000338. The van der Waals surface area contributed by atoms with Crippen LogP contribution in [0.15, 0.2) is 30.3 Å². The number of rotatable bonds is 6. The summed E-state index contributed by atoms with van der Waals surface area (Å²) in [5.41, 5.74) is 8.41. The molecule has 0 aliphatic carbocycles. The van der Waals surface area contributed by atoms with Gasteiger partial charge in [0.2, 0.25) is 5.91 Å². The molecule has 1 heterocycles. The van der Waals surface area contributed by atoms with Crippen LogP contribution in [0.4, 0.5) is 5.82 Å². The molecule has 0 saturated carbocycles. The largest absolute Gasteiger partial charge is 0.380 e. The Morgan fingerprint density at radius 3 is 2.54 bits per heavy atom. The number of anilines is 1. The standard InChI is InChI=1S/C19H28N4O2.ClH/c1-13-8-6-7-9-15(13)23-17(11-16(22-23)19(2,3)4)21-18(24)10-14(12-20)25-5;/h6-9,11,14H,10,12,20H2,1-5H3,(H,21,24);1H. The minimum Gasteiger partial charge on any atom is -0.380 e. The van der Waals surface area contributed by atoms with Gasteiger partial charge in [-0.05, 0) is 18.6 Å². The molecule has 0 spiro atoms. The third-order valence-corrected chi connectivity index (χ3v) is 4.10. The molecule has 144 valence electrons. The van der Waals surface area contributed by atoms with E-state index in [9.17, 15) is 4.79 Å². The molecule has 1 aromatic carbocycles. The molecule has 0 radical (unpaired) electrons. The van der Waals surface area contributed by atoms with E-state index in [4.69, 9.17) is 15.6 Å². The summed E-state index contributed by atoms with van der Waals surface area (Å²) < 4.78 is 6.98. The highest BCUT2D eigenvalue weighted by molar-refractivity contribution is 5.90. The second-order valence-electron chi connectivity index (χ2n) is 7.21. The van der Waals surface area contributed by atoms with Gasteiger partial charge in [-0.3, -0.25) is 4.79 Å². The van der Waals surface area contributed by atoms with Crippen molar-refractivity contribution in [3.8, 4) is 5.69 Å². The maximum atomic E-state index is 12.4. The topological polar surface area (TPSA) is 82.2 Å². The number of carbonyl (C=O) groups excluding carboxylic acids is 1. The van der Waals surface area contributed by atoms with Crippen LogP contribution in [0.5, 0.6) is 0 Å². The first kappa shape index (κ1) is 22.2. The zero-order valence-corrected chi connectivity index (χ0v) is 16.9. The van der Waals surface area contributed by atoms with Crippen LogP contribution in [0, 0.1) is 6.92 Å². The molecule has 2 aromatic rings. The van der Waals surface area contributed by atoms with Gasteiger partial charge in [-0.1, -0.05) is 39.0 Å². The van der Waals surface area contributed by atoms with Crippen molar-refractivity contribution in [3.63, 3.8) is 0 Å². The summed E-state index contributed by atoms with van der Waals surface area (Å²) in [6, 6.07) is 9.88. The Morgan fingerprint density at radius 2 is 2.00 bits per heavy atom. The maximum absolute atomic E-state index is 12.4. The monoisotopic (exact) mass is 380 g/mol. The molecule has 2 rings (SSSR count). The molecule has 1 unspecified atom stereocenters. The van der Waals surface area contributed by atoms with Crippen LogP contribution >= 0.6 is 12.4 Å². The number of hydrogen-bond donors (Lipinski definition) is 2. The van der Waals surface area contributed by atoms with E-state index in [0.717, 1.165) is 16.9 Å². The van der Waals surface area contributed by atoms with E-state index in [0.29, 0.717) is 12.4 Å². The third-order valence-electron chi connectivity index (χ3n) is 4.10. The van der Waals surface area contributed by atoms with Crippen LogP contribution < -0.4 is 11.1 Å². The van der Waals surface area contributed by atoms with E-state index in [1.807, 2.05) is 37.3 Å². The molecule has 3 N–H and O–H groups in total. The predicted molar refractivity (Wildman–Crippen MR) is 107 cm³/mol. The number of amides is 1. The SMILES string of the molecule is COC(CN)CC(=O)Nc1cc(C(C)(C)C)nn1-c1ccccc1C.Cl. The zero-order valence-electron chi connectivity index (χ0n) is 16.1. The smallest absolute Gasteiger partial charge is 0.228 e. The molecule has 1 amide bonds. The molecular weight excluding hydrogens is 352 g/mol. The molecular formula is C19H29ClN4O2. The van der Waals surface area contributed by atoms with Gasteiger partial charge in [0.25, 0.3) is 0 Å². The lowest BCUT2D eigenvalue weighted by molar-refractivity contribution is -0.118. The van der Waals surface area contributed by atoms with Gasteiger partial charge in [-0.2, -0.15) is 5.10 Å². The van der Waals surface area contributed by atoms with Gasteiger partial charge >= 0.3 is 0 Å². The second kappa shape index (κ2) is 9.16. The van der Waals surface area contributed by atoms with E-state index in [-0.39, 0.29) is 36.3 Å². The van der Waals surface area contributed by atoms with Crippen LogP contribution in [-0.4, -0.2) is 35.4 Å². The van der Waals surface area contributed by atoms with E-state index < -0.39 is 0 Å². The average molecular weight is 381 g/mol. The number of hydrogen-bond acceptors (Lipinski definition) is 4. The number of nitrogens with one attached hydrogen (secondary N) is 1.